The lowest BCUT2D eigenvalue weighted by molar-refractivity contribution is -0.131. The topological polar surface area (TPSA) is 63.9 Å². The second kappa shape index (κ2) is 9.62. The maximum Gasteiger partial charge on any atom is 0.244 e. The minimum Gasteiger partial charge on any atom is -0.337 e. The maximum atomic E-state index is 13.8. The summed E-state index contributed by atoms with van der Waals surface area (Å²) < 4.78 is 15.6. The van der Waals surface area contributed by atoms with Gasteiger partial charge in [0, 0.05) is 31.0 Å². The van der Waals surface area contributed by atoms with Crippen LogP contribution >= 0.6 is 0 Å². The maximum absolute atomic E-state index is 13.8. The molecular weight excluding hydrogens is 441 g/mol. The third-order valence-electron chi connectivity index (χ3n) is 6.22. The number of hydrogen-bond acceptors (Lipinski definition) is 4. The van der Waals surface area contributed by atoms with Crippen LogP contribution in [0.1, 0.15) is 23.4 Å². The highest BCUT2D eigenvalue weighted by Gasteiger charge is 2.21. The Bertz CT molecular complexity index is 1390. The van der Waals surface area contributed by atoms with Crippen LogP contribution in [-0.2, 0) is 11.3 Å². The fourth-order valence-electron chi connectivity index (χ4n) is 4.21. The number of aryl methyl sites for hydroxylation is 2. The molecule has 2 aromatic carbocycles. The van der Waals surface area contributed by atoms with Gasteiger partial charge in [0.2, 0.25) is 5.91 Å². The van der Waals surface area contributed by atoms with E-state index in [4.69, 9.17) is 5.10 Å². The van der Waals surface area contributed by atoms with Gasteiger partial charge in [-0.1, -0.05) is 36.4 Å². The van der Waals surface area contributed by atoms with Crippen LogP contribution in [0.3, 0.4) is 0 Å². The second-order valence-electron chi connectivity index (χ2n) is 8.81. The highest BCUT2D eigenvalue weighted by Crippen LogP contribution is 2.28. The van der Waals surface area contributed by atoms with Crippen LogP contribution in [0.5, 0.6) is 0 Å². The van der Waals surface area contributed by atoms with Crippen molar-refractivity contribution in [2.75, 3.05) is 13.1 Å². The number of carbonyl (C=O) groups is 1. The molecule has 0 fully saturated rings. The van der Waals surface area contributed by atoms with Gasteiger partial charge in [0.1, 0.15) is 12.4 Å². The van der Waals surface area contributed by atoms with Gasteiger partial charge in [-0.05, 0) is 66.8 Å². The van der Waals surface area contributed by atoms with E-state index >= 15 is 0 Å². The van der Waals surface area contributed by atoms with Gasteiger partial charge in [-0.25, -0.2) is 14.4 Å². The van der Waals surface area contributed by atoms with Crippen molar-refractivity contribution in [2.45, 2.75) is 26.8 Å². The fraction of sp³-hybridized carbons (Fsp3) is 0.214. The molecule has 5 rings (SSSR count). The average molecular weight is 468 g/mol. The molecule has 35 heavy (non-hydrogen) atoms. The van der Waals surface area contributed by atoms with Crippen LogP contribution < -0.4 is 0 Å². The van der Waals surface area contributed by atoms with E-state index in [1.807, 2.05) is 66.7 Å². The summed E-state index contributed by atoms with van der Waals surface area (Å²) in [5.74, 6) is 0.466. The number of nitrogens with zero attached hydrogens (tertiary/aromatic N) is 5. The molecule has 1 aliphatic heterocycles. The van der Waals surface area contributed by atoms with Gasteiger partial charge < -0.3 is 4.90 Å². The number of rotatable bonds is 5. The molecule has 0 spiro atoms. The smallest absolute Gasteiger partial charge is 0.244 e. The number of carbonyl (C=O) groups excluding carboxylic acids is 1. The fourth-order valence-corrected chi connectivity index (χ4v) is 4.21. The molecule has 0 aliphatic carbocycles. The molecule has 2 aromatic heterocycles. The quantitative estimate of drug-likeness (QED) is 0.411. The molecule has 3 heterocycles. The van der Waals surface area contributed by atoms with Gasteiger partial charge in [0.05, 0.1) is 11.4 Å². The zero-order valence-corrected chi connectivity index (χ0v) is 19.8. The van der Waals surface area contributed by atoms with Gasteiger partial charge in [0.25, 0.3) is 0 Å². The van der Waals surface area contributed by atoms with Gasteiger partial charge in [-0.15, -0.1) is 0 Å². The van der Waals surface area contributed by atoms with Crippen molar-refractivity contribution in [1.82, 2.24) is 24.6 Å². The molecule has 0 N–H and O–H groups in total. The number of amides is 1. The SMILES string of the molecule is Cc1cnc(C2=CCN(C(=O)Cn3nc(-c4ccc(F)c(C)c4)cc3-c3ccccc3)CC2)nc1. The minimum atomic E-state index is -0.250. The van der Waals surface area contributed by atoms with E-state index in [0.717, 1.165) is 33.8 Å². The van der Waals surface area contributed by atoms with Gasteiger partial charge in [-0.2, -0.15) is 5.10 Å². The first-order valence-electron chi connectivity index (χ1n) is 11.6. The van der Waals surface area contributed by atoms with Crippen molar-refractivity contribution < 1.29 is 9.18 Å². The van der Waals surface area contributed by atoms with Crippen LogP contribution in [0, 0.1) is 19.7 Å². The highest BCUT2D eigenvalue weighted by atomic mass is 19.1. The Hall–Kier alpha value is -4.13. The molecule has 7 heteroatoms. The first-order chi connectivity index (χ1) is 17.0. The first-order valence-corrected chi connectivity index (χ1v) is 11.6. The van der Waals surface area contributed by atoms with Gasteiger partial charge in [0.15, 0.2) is 5.82 Å². The molecule has 0 bridgehead atoms. The van der Waals surface area contributed by atoms with Crippen LogP contribution in [0.4, 0.5) is 4.39 Å². The summed E-state index contributed by atoms with van der Waals surface area (Å²) >= 11 is 0. The monoisotopic (exact) mass is 467 g/mol. The van der Waals surface area contributed by atoms with E-state index in [9.17, 15) is 9.18 Å². The summed E-state index contributed by atoms with van der Waals surface area (Å²) in [5, 5.41) is 4.74. The van der Waals surface area contributed by atoms with Crippen molar-refractivity contribution in [3.8, 4) is 22.5 Å². The molecule has 0 saturated carbocycles. The average Bonchev–Trinajstić information content (AvgIpc) is 3.30. The zero-order valence-electron chi connectivity index (χ0n) is 19.8. The molecule has 0 unspecified atom stereocenters. The van der Waals surface area contributed by atoms with Crippen LogP contribution in [0.2, 0.25) is 0 Å². The van der Waals surface area contributed by atoms with Crippen molar-refractivity contribution in [3.05, 3.63) is 95.8 Å². The molecule has 0 saturated heterocycles. The Balaban J connectivity index is 1.39. The molecule has 1 aliphatic rings. The third-order valence-corrected chi connectivity index (χ3v) is 6.22. The van der Waals surface area contributed by atoms with Gasteiger partial charge in [-0.3, -0.25) is 9.48 Å². The van der Waals surface area contributed by atoms with Crippen molar-refractivity contribution in [1.29, 1.82) is 0 Å². The standard InChI is InChI=1S/C28H26FN5O/c1-19-16-30-28(31-17-19)22-10-12-33(13-11-22)27(35)18-34-26(21-6-4-3-5-7-21)15-25(32-34)23-8-9-24(29)20(2)14-23/h3-10,14-17H,11-13,18H2,1-2H3. The van der Waals surface area contributed by atoms with Crippen LogP contribution in [-0.4, -0.2) is 43.6 Å². The van der Waals surface area contributed by atoms with Crippen LogP contribution in [0.25, 0.3) is 28.1 Å². The van der Waals surface area contributed by atoms with Crippen molar-refractivity contribution in [3.63, 3.8) is 0 Å². The largest absolute Gasteiger partial charge is 0.337 e. The predicted molar refractivity (Wildman–Crippen MR) is 134 cm³/mol. The first kappa shape index (κ1) is 22.7. The normalized spacial score (nSPS) is 13.6. The Morgan fingerprint density at radius 1 is 1.00 bits per heavy atom. The molecular formula is C28H26FN5O. The Morgan fingerprint density at radius 3 is 2.46 bits per heavy atom. The lowest BCUT2D eigenvalue weighted by Gasteiger charge is -2.26. The summed E-state index contributed by atoms with van der Waals surface area (Å²) in [6, 6.07) is 16.8. The van der Waals surface area contributed by atoms with E-state index in [-0.39, 0.29) is 18.3 Å². The van der Waals surface area contributed by atoms with Crippen molar-refractivity contribution >= 4 is 11.5 Å². The lowest BCUT2D eigenvalue weighted by atomic mass is 10.1. The van der Waals surface area contributed by atoms with Crippen LogP contribution in [0.15, 0.2) is 73.1 Å². The number of aromatic nitrogens is 4. The lowest BCUT2D eigenvalue weighted by Crippen LogP contribution is -2.37. The molecule has 1 amide bonds. The number of halogens is 1. The molecule has 6 nitrogen and oxygen atoms in total. The van der Waals surface area contributed by atoms with E-state index in [0.29, 0.717) is 30.8 Å². The van der Waals surface area contributed by atoms with Gasteiger partial charge >= 0.3 is 0 Å². The highest BCUT2D eigenvalue weighted by molar-refractivity contribution is 5.79. The summed E-state index contributed by atoms with van der Waals surface area (Å²) in [5.41, 5.74) is 5.97. The summed E-state index contributed by atoms with van der Waals surface area (Å²) in [4.78, 5) is 23.9. The Morgan fingerprint density at radius 2 is 1.77 bits per heavy atom. The molecule has 0 atom stereocenters. The second-order valence-corrected chi connectivity index (χ2v) is 8.81. The summed E-state index contributed by atoms with van der Waals surface area (Å²) in [6.45, 7) is 4.93. The Labute approximate surface area is 203 Å². The number of benzene rings is 2. The summed E-state index contributed by atoms with van der Waals surface area (Å²) in [6.07, 6.45) is 6.35. The summed E-state index contributed by atoms with van der Waals surface area (Å²) in [7, 11) is 0. The minimum absolute atomic E-state index is 0.00718. The zero-order chi connectivity index (χ0) is 24.4. The van der Waals surface area contributed by atoms with E-state index in [1.54, 1.807) is 23.7 Å². The third kappa shape index (κ3) is 4.89. The molecule has 176 valence electrons. The van der Waals surface area contributed by atoms with Crippen molar-refractivity contribution in [2.24, 2.45) is 0 Å². The van der Waals surface area contributed by atoms with E-state index in [2.05, 4.69) is 9.97 Å². The van der Waals surface area contributed by atoms with E-state index in [1.165, 1.54) is 6.07 Å². The molecule has 4 aromatic rings. The molecule has 0 radical (unpaired) electrons. The van der Waals surface area contributed by atoms with E-state index < -0.39 is 0 Å². The number of hydrogen-bond donors (Lipinski definition) is 0. The Kier molecular flexibility index (Phi) is 6.23. The predicted octanol–water partition coefficient (Wildman–Crippen LogP) is 5.08.